The van der Waals surface area contributed by atoms with Crippen molar-refractivity contribution in [3.63, 3.8) is 0 Å². The van der Waals surface area contributed by atoms with Crippen molar-refractivity contribution in [2.24, 2.45) is 0 Å². The van der Waals surface area contributed by atoms with E-state index in [0.717, 1.165) is 0 Å². The van der Waals surface area contributed by atoms with Gasteiger partial charge in [0.25, 0.3) is 5.56 Å². The number of aromatic amines is 1. The third-order valence-electron chi connectivity index (χ3n) is 3.10. The van der Waals surface area contributed by atoms with Gasteiger partial charge in [-0.15, -0.1) is 0 Å². The Morgan fingerprint density at radius 3 is 2.86 bits per heavy atom. The van der Waals surface area contributed by atoms with E-state index in [1.165, 1.54) is 0 Å². The Bertz CT molecular complexity index is 698. The highest BCUT2D eigenvalue weighted by Gasteiger charge is 2.13. The molecule has 0 aromatic carbocycles. The Hall–Kier alpha value is -2.54. The molecule has 2 heterocycles. The van der Waals surface area contributed by atoms with Crippen molar-refractivity contribution in [1.82, 2.24) is 20.3 Å². The lowest BCUT2D eigenvalue weighted by atomic mass is 10.1. The van der Waals surface area contributed by atoms with Crippen LogP contribution >= 0.6 is 0 Å². The van der Waals surface area contributed by atoms with Crippen molar-refractivity contribution < 1.29 is 9.53 Å². The van der Waals surface area contributed by atoms with Gasteiger partial charge in [-0.2, -0.15) is 0 Å². The summed E-state index contributed by atoms with van der Waals surface area (Å²) in [6, 6.07) is 5.36. The maximum atomic E-state index is 12.2. The van der Waals surface area contributed by atoms with Gasteiger partial charge in [-0.3, -0.25) is 14.6 Å². The Kier molecular flexibility index (Phi) is 5.37. The number of amides is 1. The molecule has 0 aliphatic heterocycles. The minimum Gasteiger partial charge on any atom is -0.383 e. The second-order valence-electron chi connectivity index (χ2n) is 4.71. The number of H-pyrrole nitrogens is 1. The van der Waals surface area contributed by atoms with Crippen LogP contribution in [0.2, 0.25) is 0 Å². The summed E-state index contributed by atoms with van der Waals surface area (Å²) in [5.41, 5.74) is 1.13. The number of rotatable bonds is 6. The Labute approximate surface area is 127 Å². The van der Waals surface area contributed by atoms with E-state index in [1.807, 2.05) is 6.07 Å². The monoisotopic (exact) mass is 302 g/mol. The second kappa shape index (κ2) is 7.46. The molecule has 0 atom stereocenters. The van der Waals surface area contributed by atoms with Crippen LogP contribution in [0.1, 0.15) is 11.3 Å². The first-order chi connectivity index (χ1) is 10.6. The predicted molar refractivity (Wildman–Crippen MR) is 81.4 cm³/mol. The van der Waals surface area contributed by atoms with E-state index < -0.39 is 0 Å². The number of methoxy groups -OCH3 is 1. The molecule has 0 bridgehead atoms. The van der Waals surface area contributed by atoms with Gasteiger partial charge in [0.1, 0.15) is 5.69 Å². The molecular weight excluding hydrogens is 284 g/mol. The molecule has 2 rings (SSSR count). The second-order valence-corrected chi connectivity index (χ2v) is 4.71. The lowest BCUT2D eigenvalue weighted by molar-refractivity contribution is -0.120. The lowest BCUT2D eigenvalue weighted by Crippen LogP contribution is -2.31. The minimum atomic E-state index is -0.324. The molecule has 22 heavy (non-hydrogen) atoms. The fraction of sp³-hybridized carbons (Fsp3) is 0.333. The molecule has 0 saturated carbocycles. The Morgan fingerprint density at radius 1 is 1.41 bits per heavy atom. The molecule has 0 spiro atoms. The number of carbonyl (C=O) groups excluding carboxylic acids is 1. The lowest BCUT2D eigenvalue weighted by Gasteiger charge is -2.07. The fourth-order valence-electron chi connectivity index (χ4n) is 1.96. The van der Waals surface area contributed by atoms with Crippen molar-refractivity contribution in [3.8, 4) is 11.5 Å². The van der Waals surface area contributed by atoms with Crippen LogP contribution in [0.25, 0.3) is 11.5 Å². The van der Waals surface area contributed by atoms with Crippen LogP contribution < -0.4 is 10.9 Å². The van der Waals surface area contributed by atoms with Crippen LogP contribution in [0.15, 0.2) is 29.2 Å². The summed E-state index contributed by atoms with van der Waals surface area (Å²) in [6.07, 6.45) is 1.61. The summed E-state index contributed by atoms with van der Waals surface area (Å²) in [6.45, 7) is 2.54. The van der Waals surface area contributed by atoms with E-state index in [1.54, 1.807) is 32.4 Å². The molecule has 0 unspecified atom stereocenters. The normalized spacial score (nSPS) is 10.5. The molecule has 0 radical (unpaired) electrons. The Morgan fingerprint density at radius 2 is 2.23 bits per heavy atom. The third-order valence-corrected chi connectivity index (χ3v) is 3.10. The highest BCUT2D eigenvalue weighted by molar-refractivity contribution is 5.78. The van der Waals surface area contributed by atoms with Crippen LogP contribution in [0.5, 0.6) is 0 Å². The van der Waals surface area contributed by atoms with Crippen molar-refractivity contribution >= 4 is 5.91 Å². The average Bonchev–Trinajstić information content (AvgIpc) is 2.52. The van der Waals surface area contributed by atoms with Crippen molar-refractivity contribution in [2.45, 2.75) is 13.3 Å². The number of hydrogen-bond acceptors (Lipinski definition) is 5. The number of nitrogens with one attached hydrogen (secondary N) is 2. The van der Waals surface area contributed by atoms with Crippen LogP contribution in [-0.4, -0.2) is 41.1 Å². The maximum absolute atomic E-state index is 12.2. The SMILES string of the molecule is COCCNC(=O)Cc1c(C)nc(-c2ccccn2)[nH]c1=O. The van der Waals surface area contributed by atoms with Gasteiger partial charge < -0.3 is 15.0 Å². The molecule has 1 amide bonds. The number of carbonyl (C=O) groups is 1. The van der Waals surface area contributed by atoms with Crippen molar-refractivity contribution in [3.05, 3.63) is 46.0 Å². The zero-order valence-electron chi connectivity index (χ0n) is 12.5. The molecule has 7 nitrogen and oxygen atoms in total. The molecule has 0 aliphatic carbocycles. The number of aryl methyl sites for hydroxylation is 1. The van der Waals surface area contributed by atoms with Gasteiger partial charge in [-0.1, -0.05) is 6.07 Å². The first kappa shape index (κ1) is 15.8. The number of hydrogen-bond donors (Lipinski definition) is 2. The summed E-state index contributed by atoms with van der Waals surface area (Å²) in [5.74, 6) is 0.157. The zero-order chi connectivity index (χ0) is 15.9. The molecule has 2 aromatic rings. The topological polar surface area (TPSA) is 97.0 Å². The summed E-state index contributed by atoms with van der Waals surface area (Å²) >= 11 is 0. The average molecular weight is 302 g/mol. The highest BCUT2D eigenvalue weighted by atomic mass is 16.5. The van der Waals surface area contributed by atoms with Gasteiger partial charge in [-0.25, -0.2) is 4.98 Å². The maximum Gasteiger partial charge on any atom is 0.255 e. The summed E-state index contributed by atoms with van der Waals surface area (Å²) in [7, 11) is 1.56. The fourth-order valence-corrected chi connectivity index (χ4v) is 1.96. The standard InChI is InChI=1S/C15H18N4O3/c1-10-11(9-13(20)17-7-8-22-2)15(21)19-14(18-10)12-5-3-4-6-16-12/h3-6H,7-9H2,1-2H3,(H,17,20)(H,18,19,21). The number of pyridine rings is 1. The molecule has 7 heteroatoms. The number of aromatic nitrogens is 3. The Balaban J connectivity index is 2.17. The van der Waals surface area contributed by atoms with E-state index in [9.17, 15) is 9.59 Å². The molecule has 0 aliphatic rings. The molecule has 0 saturated heterocycles. The van der Waals surface area contributed by atoms with Gasteiger partial charge in [-0.05, 0) is 19.1 Å². The van der Waals surface area contributed by atoms with Crippen molar-refractivity contribution in [2.75, 3.05) is 20.3 Å². The highest BCUT2D eigenvalue weighted by Crippen LogP contribution is 2.10. The quantitative estimate of drug-likeness (QED) is 0.755. The summed E-state index contributed by atoms with van der Waals surface area (Å²) in [4.78, 5) is 35.1. The first-order valence-corrected chi connectivity index (χ1v) is 6.88. The summed E-state index contributed by atoms with van der Waals surface area (Å²) < 4.78 is 4.85. The van der Waals surface area contributed by atoms with Crippen LogP contribution in [0, 0.1) is 6.92 Å². The van der Waals surface area contributed by atoms with E-state index in [0.29, 0.717) is 35.9 Å². The number of ether oxygens (including phenoxy) is 1. The number of nitrogens with zero attached hydrogens (tertiary/aromatic N) is 2. The molecule has 116 valence electrons. The van der Waals surface area contributed by atoms with Crippen LogP contribution in [-0.2, 0) is 16.0 Å². The minimum absolute atomic E-state index is 0.0135. The van der Waals surface area contributed by atoms with E-state index in [4.69, 9.17) is 4.74 Å². The van der Waals surface area contributed by atoms with E-state index >= 15 is 0 Å². The van der Waals surface area contributed by atoms with Crippen molar-refractivity contribution in [1.29, 1.82) is 0 Å². The molecule has 2 N–H and O–H groups in total. The molecule has 2 aromatic heterocycles. The van der Waals surface area contributed by atoms with Crippen LogP contribution in [0.4, 0.5) is 0 Å². The van der Waals surface area contributed by atoms with Gasteiger partial charge >= 0.3 is 0 Å². The molecular formula is C15H18N4O3. The van der Waals surface area contributed by atoms with E-state index in [-0.39, 0.29) is 17.9 Å². The van der Waals surface area contributed by atoms with Gasteiger partial charge in [0.15, 0.2) is 5.82 Å². The largest absolute Gasteiger partial charge is 0.383 e. The smallest absolute Gasteiger partial charge is 0.255 e. The zero-order valence-corrected chi connectivity index (χ0v) is 12.5. The van der Waals surface area contributed by atoms with E-state index in [2.05, 4.69) is 20.3 Å². The van der Waals surface area contributed by atoms with Crippen LogP contribution in [0.3, 0.4) is 0 Å². The third kappa shape index (κ3) is 3.98. The first-order valence-electron chi connectivity index (χ1n) is 6.88. The summed E-state index contributed by atoms with van der Waals surface area (Å²) in [5, 5.41) is 2.68. The van der Waals surface area contributed by atoms with Gasteiger partial charge in [0.2, 0.25) is 5.91 Å². The van der Waals surface area contributed by atoms with Gasteiger partial charge in [0, 0.05) is 31.1 Å². The van der Waals surface area contributed by atoms with Gasteiger partial charge in [0.05, 0.1) is 13.0 Å². The molecule has 0 fully saturated rings. The predicted octanol–water partition coefficient (Wildman–Crippen LogP) is 0.445.